The van der Waals surface area contributed by atoms with Crippen LogP contribution in [-0.4, -0.2) is 18.2 Å². The monoisotopic (exact) mass is 234 g/mol. The van der Waals surface area contributed by atoms with Gasteiger partial charge < -0.3 is 9.84 Å². The van der Waals surface area contributed by atoms with Gasteiger partial charge in [-0.2, -0.15) is 0 Å². The van der Waals surface area contributed by atoms with Gasteiger partial charge in [0.1, 0.15) is 5.75 Å². The van der Waals surface area contributed by atoms with E-state index in [9.17, 15) is 9.90 Å². The molecule has 0 aromatic heterocycles. The third-order valence-corrected chi connectivity index (χ3v) is 3.66. The first-order valence-corrected chi connectivity index (χ1v) is 5.95. The summed E-state index contributed by atoms with van der Waals surface area (Å²) in [5.74, 6) is 0.429. The lowest BCUT2D eigenvalue weighted by Crippen LogP contribution is -2.09. The first-order valence-electron chi connectivity index (χ1n) is 5.95. The number of methoxy groups -OCH3 is 1. The number of rotatable bonds is 3. The van der Waals surface area contributed by atoms with Gasteiger partial charge in [0.2, 0.25) is 0 Å². The van der Waals surface area contributed by atoms with Gasteiger partial charge in [0.25, 0.3) is 0 Å². The highest BCUT2D eigenvalue weighted by Gasteiger charge is 2.36. The van der Waals surface area contributed by atoms with Gasteiger partial charge in [0.15, 0.2) is 0 Å². The van der Waals surface area contributed by atoms with E-state index in [1.165, 1.54) is 5.56 Å². The molecule has 1 aliphatic rings. The first-order chi connectivity index (χ1) is 8.04. The molecule has 0 saturated carbocycles. The number of ether oxygens (including phenoxy) is 1. The van der Waals surface area contributed by atoms with Crippen LogP contribution in [0.2, 0.25) is 0 Å². The van der Waals surface area contributed by atoms with E-state index in [0.717, 1.165) is 11.3 Å². The van der Waals surface area contributed by atoms with E-state index in [-0.39, 0.29) is 5.92 Å². The summed E-state index contributed by atoms with van der Waals surface area (Å²) < 4.78 is 5.17. The lowest BCUT2D eigenvalue weighted by molar-refractivity contribution is -0.138. The fourth-order valence-electron chi connectivity index (χ4n) is 2.69. The van der Waals surface area contributed by atoms with Crippen molar-refractivity contribution in [2.24, 2.45) is 5.92 Å². The first kappa shape index (κ1) is 12.0. The van der Waals surface area contributed by atoms with Crippen molar-refractivity contribution in [3.63, 3.8) is 0 Å². The Balaban J connectivity index is 2.47. The maximum atomic E-state index is 11.3. The van der Waals surface area contributed by atoms with E-state index in [0.29, 0.717) is 18.3 Å². The average Bonchev–Trinajstić information content (AvgIpc) is 2.67. The Morgan fingerprint density at radius 3 is 2.65 bits per heavy atom. The number of aliphatic carboxylic acids is 1. The second-order valence-corrected chi connectivity index (χ2v) is 4.97. The predicted molar refractivity (Wildman–Crippen MR) is 65.6 cm³/mol. The second kappa shape index (κ2) is 4.40. The fourth-order valence-corrected chi connectivity index (χ4v) is 2.69. The Kier molecular flexibility index (Phi) is 3.09. The molecule has 17 heavy (non-hydrogen) atoms. The summed E-state index contributed by atoms with van der Waals surface area (Å²) in [7, 11) is 1.60. The summed E-state index contributed by atoms with van der Waals surface area (Å²) >= 11 is 0. The molecule has 92 valence electrons. The van der Waals surface area contributed by atoms with Crippen LogP contribution in [0.1, 0.15) is 43.2 Å². The molecule has 3 nitrogen and oxygen atoms in total. The van der Waals surface area contributed by atoms with Crippen molar-refractivity contribution in [3.05, 3.63) is 29.3 Å². The van der Waals surface area contributed by atoms with E-state index < -0.39 is 5.97 Å². The minimum atomic E-state index is -0.734. The number of benzene rings is 1. The number of hydrogen-bond donors (Lipinski definition) is 1. The third-order valence-electron chi connectivity index (χ3n) is 3.66. The highest BCUT2D eigenvalue weighted by atomic mass is 16.5. The topological polar surface area (TPSA) is 46.5 Å². The van der Waals surface area contributed by atoms with Gasteiger partial charge in [0.05, 0.1) is 13.0 Å². The van der Waals surface area contributed by atoms with Crippen molar-refractivity contribution in [3.8, 4) is 5.75 Å². The largest absolute Gasteiger partial charge is 0.497 e. The average molecular weight is 234 g/mol. The van der Waals surface area contributed by atoms with Crippen LogP contribution in [0.15, 0.2) is 18.2 Å². The van der Waals surface area contributed by atoms with Crippen molar-refractivity contribution >= 4 is 5.97 Å². The van der Waals surface area contributed by atoms with Gasteiger partial charge in [-0.25, -0.2) is 0 Å². The molecular weight excluding hydrogens is 216 g/mol. The van der Waals surface area contributed by atoms with Gasteiger partial charge in [-0.3, -0.25) is 4.79 Å². The Labute approximate surface area is 101 Å². The Hall–Kier alpha value is -1.51. The fraction of sp³-hybridized carbons (Fsp3) is 0.500. The van der Waals surface area contributed by atoms with E-state index in [2.05, 4.69) is 13.8 Å². The van der Waals surface area contributed by atoms with Crippen LogP contribution in [0.25, 0.3) is 0 Å². The molecule has 0 spiro atoms. The summed E-state index contributed by atoms with van der Waals surface area (Å²) in [4.78, 5) is 11.3. The zero-order valence-electron chi connectivity index (χ0n) is 10.4. The number of hydrogen-bond acceptors (Lipinski definition) is 2. The molecule has 1 N–H and O–H groups in total. The van der Waals surface area contributed by atoms with E-state index in [1.807, 2.05) is 18.2 Å². The predicted octanol–water partition coefficient (Wildman–Crippen LogP) is 3.01. The van der Waals surface area contributed by atoms with Crippen molar-refractivity contribution in [2.45, 2.75) is 32.1 Å². The quantitative estimate of drug-likeness (QED) is 0.874. The number of carboxylic acids is 1. The van der Waals surface area contributed by atoms with Crippen LogP contribution in [0.3, 0.4) is 0 Å². The van der Waals surface area contributed by atoms with E-state index in [1.54, 1.807) is 7.11 Å². The highest BCUT2D eigenvalue weighted by Crippen LogP contribution is 2.46. The molecule has 0 radical (unpaired) electrons. The lowest BCUT2D eigenvalue weighted by Gasteiger charge is -2.15. The zero-order valence-corrected chi connectivity index (χ0v) is 10.4. The molecule has 2 rings (SSSR count). The molecule has 0 fully saturated rings. The molecule has 1 aliphatic carbocycles. The van der Waals surface area contributed by atoms with Crippen molar-refractivity contribution in [1.82, 2.24) is 0 Å². The molecule has 2 unspecified atom stereocenters. The summed E-state index contributed by atoms with van der Waals surface area (Å²) in [5.41, 5.74) is 2.10. The van der Waals surface area contributed by atoms with E-state index >= 15 is 0 Å². The van der Waals surface area contributed by atoms with Crippen LogP contribution in [0, 0.1) is 5.92 Å². The standard InChI is InChI=1S/C14H18O3/c1-8(2)11-7-13(14(15)16)12-6-9(17-3)4-5-10(11)12/h4-6,8,11,13H,7H2,1-3H3,(H,15,16). The minimum Gasteiger partial charge on any atom is -0.497 e. The van der Waals surface area contributed by atoms with Crippen molar-refractivity contribution in [2.75, 3.05) is 7.11 Å². The molecule has 0 amide bonds. The van der Waals surface area contributed by atoms with E-state index in [4.69, 9.17) is 4.74 Å². The molecule has 1 aromatic carbocycles. The highest BCUT2D eigenvalue weighted by molar-refractivity contribution is 5.78. The Bertz CT molecular complexity index is 437. The zero-order chi connectivity index (χ0) is 12.6. The van der Waals surface area contributed by atoms with Crippen molar-refractivity contribution in [1.29, 1.82) is 0 Å². The lowest BCUT2D eigenvalue weighted by atomic mass is 9.90. The maximum Gasteiger partial charge on any atom is 0.311 e. The Morgan fingerprint density at radius 1 is 1.41 bits per heavy atom. The third kappa shape index (κ3) is 2.02. The molecule has 0 bridgehead atoms. The SMILES string of the molecule is COc1ccc2c(c1)C(C(=O)O)CC2C(C)C. The molecule has 1 aromatic rings. The molecule has 0 saturated heterocycles. The van der Waals surface area contributed by atoms with Gasteiger partial charge in [0, 0.05) is 0 Å². The molecular formula is C14H18O3. The summed E-state index contributed by atoms with van der Waals surface area (Å²) in [6, 6.07) is 5.80. The van der Waals surface area contributed by atoms with Crippen molar-refractivity contribution < 1.29 is 14.6 Å². The van der Waals surface area contributed by atoms with Gasteiger partial charge >= 0.3 is 5.97 Å². The smallest absolute Gasteiger partial charge is 0.311 e. The molecule has 0 aliphatic heterocycles. The number of carbonyl (C=O) groups is 1. The van der Waals surface area contributed by atoms with Gasteiger partial charge in [-0.15, -0.1) is 0 Å². The second-order valence-electron chi connectivity index (χ2n) is 4.97. The molecule has 2 atom stereocenters. The number of fused-ring (bicyclic) bond motifs is 1. The van der Waals surface area contributed by atoms with Gasteiger partial charge in [-0.1, -0.05) is 19.9 Å². The van der Waals surface area contributed by atoms with Crippen LogP contribution >= 0.6 is 0 Å². The van der Waals surface area contributed by atoms with Crippen LogP contribution in [0.4, 0.5) is 0 Å². The van der Waals surface area contributed by atoms with Gasteiger partial charge in [-0.05, 0) is 41.5 Å². The number of carboxylic acid groups (broad SMARTS) is 1. The Morgan fingerprint density at radius 2 is 2.12 bits per heavy atom. The molecule has 3 heteroatoms. The summed E-state index contributed by atoms with van der Waals surface area (Å²) in [6.45, 7) is 4.28. The molecule has 0 heterocycles. The van der Waals surface area contributed by atoms with Crippen LogP contribution in [-0.2, 0) is 4.79 Å². The summed E-state index contributed by atoms with van der Waals surface area (Å²) in [5, 5.41) is 9.28. The van der Waals surface area contributed by atoms with Crippen LogP contribution in [0.5, 0.6) is 5.75 Å². The van der Waals surface area contributed by atoms with Crippen LogP contribution < -0.4 is 4.74 Å². The normalized spacial score (nSPS) is 22.6. The summed E-state index contributed by atoms with van der Waals surface area (Å²) in [6.07, 6.45) is 0.704. The maximum absolute atomic E-state index is 11.3. The minimum absolute atomic E-state index is 0.344.